The van der Waals surface area contributed by atoms with Crippen molar-refractivity contribution in [2.24, 2.45) is 0 Å². The molecule has 7 nitrogen and oxygen atoms in total. The van der Waals surface area contributed by atoms with E-state index >= 15 is 0 Å². The van der Waals surface area contributed by atoms with Gasteiger partial charge in [-0.3, -0.25) is 9.48 Å². The fraction of sp³-hybridized carbons (Fsp3) is 0.167. The van der Waals surface area contributed by atoms with Crippen LogP contribution in [0.1, 0.15) is 20.7 Å². The van der Waals surface area contributed by atoms with Gasteiger partial charge in [0.15, 0.2) is 0 Å². The predicted molar refractivity (Wildman–Crippen MR) is 90.0 cm³/mol. The van der Waals surface area contributed by atoms with Crippen molar-refractivity contribution >= 4 is 11.9 Å². The van der Waals surface area contributed by atoms with Gasteiger partial charge >= 0.3 is 5.97 Å². The Kier molecular flexibility index (Phi) is 4.94. The Morgan fingerprint density at radius 1 is 1.16 bits per heavy atom. The Labute approximate surface area is 144 Å². The number of hydrogen-bond donors (Lipinski definition) is 1. The van der Waals surface area contributed by atoms with E-state index < -0.39 is 5.97 Å². The van der Waals surface area contributed by atoms with Crippen LogP contribution in [-0.4, -0.2) is 35.3 Å². The first-order chi connectivity index (χ1) is 12.2. The molecule has 2 aromatic heterocycles. The summed E-state index contributed by atoms with van der Waals surface area (Å²) in [5, 5.41) is 7.07. The third-order valence-corrected chi connectivity index (χ3v) is 3.68. The third kappa shape index (κ3) is 3.95. The van der Waals surface area contributed by atoms with Gasteiger partial charge in [-0.25, -0.2) is 4.79 Å². The maximum Gasteiger partial charge on any atom is 0.337 e. The molecule has 0 fully saturated rings. The monoisotopic (exact) mass is 339 g/mol. The number of rotatable bonds is 6. The number of nitrogens with zero attached hydrogens (tertiary/aromatic N) is 2. The Morgan fingerprint density at radius 3 is 2.60 bits per heavy atom. The summed E-state index contributed by atoms with van der Waals surface area (Å²) in [5.41, 5.74) is 2.80. The van der Waals surface area contributed by atoms with E-state index in [9.17, 15) is 9.59 Å². The SMILES string of the molecule is COC(=O)c1ccc(C(=O)NCCn2cc(-c3ccoc3)cn2)cc1. The van der Waals surface area contributed by atoms with E-state index in [0.29, 0.717) is 24.2 Å². The summed E-state index contributed by atoms with van der Waals surface area (Å²) in [6.45, 7) is 0.980. The molecular weight excluding hydrogens is 322 g/mol. The molecule has 0 radical (unpaired) electrons. The van der Waals surface area contributed by atoms with Crippen molar-refractivity contribution < 1.29 is 18.7 Å². The van der Waals surface area contributed by atoms with Crippen LogP contribution < -0.4 is 5.32 Å². The number of amides is 1. The quantitative estimate of drug-likeness (QED) is 0.697. The Hall–Kier alpha value is -3.35. The zero-order valence-corrected chi connectivity index (χ0v) is 13.6. The highest BCUT2D eigenvalue weighted by Gasteiger charge is 2.09. The second-order valence-corrected chi connectivity index (χ2v) is 5.33. The molecule has 2 heterocycles. The topological polar surface area (TPSA) is 86.4 Å². The molecule has 0 spiro atoms. The number of hydrogen-bond acceptors (Lipinski definition) is 5. The average Bonchev–Trinajstić information content (AvgIpc) is 3.32. The molecule has 0 saturated heterocycles. The molecule has 3 rings (SSSR count). The molecule has 7 heteroatoms. The van der Waals surface area contributed by atoms with Gasteiger partial charge in [-0.05, 0) is 30.3 Å². The van der Waals surface area contributed by atoms with E-state index in [1.807, 2.05) is 12.3 Å². The third-order valence-electron chi connectivity index (χ3n) is 3.68. The lowest BCUT2D eigenvalue weighted by Crippen LogP contribution is -2.27. The normalized spacial score (nSPS) is 10.4. The van der Waals surface area contributed by atoms with Crippen LogP contribution in [0.4, 0.5) is 0 Å². The van der Waals surface area contributed by atoms with Crippen molar-refractivity contribution in [2.45, 2.75) is 6.54 Å². The first-order valence-corrected chi connectivity index (χ1v) is 7.69. The molecule has 128 valence electrons. The number of carbonyl (C=O) groups is 2. The smallest absolute Gasteiger partial charge is 0.337 e. The van der Waals surface area contributed by atoms with Crippen LogP contribution in [0.3, 0.4) is 0 Å². The number of methoxy groups -OCH3 is 1. The minimum atomic E-state index is -0.431. The summed E-state index contributed by atoms with van der Waals surface area (Å²) >= 11 is 0. The van der Waals surface area contributed by atoms with Crippen LogP contribution in [0, 0.1) is 0 Å². The van der Waals surface area contributed by atoms with Gasteiger partial charge in [0, 0.05) is 29.4 Å². The molecule has 0 unspecified atom stereocenters. The maximum absolute atomic E-state index is 12.1. The fourth-order valence-corrected chi connectivity index (χ4v) is 2.33. The Morgan fingerprint density at radius 2 is 1.92 bits per heavy atom. The molecule has 25 heavy (non-hydrogen) atoms. The summed E-state index contributed by atoms with van der Waals surface area (Å²) in [7, 11) is 1.32. The standard InChI is InChI=1S/C18H17N3O4/c1-24-18(23)14-4-2-13(3-5-14)17(22)19-7-8-21-11-16(10-20-21)15-6-9-25-12-15/h2-6,9-12H,7-8H2,1H3,(H,19,22). The molecule has 1 amide bonds. The lowest BCUT2D eigenvalue weighted by molar-refractivity contribution is 0.0600. The molecule has 0 saturated carbocycles. The van der Waals surface area contributed by atoms with Gasteiger partial charge in [-0.2, -0.15) is 5.10 Å². The molecule has 3 aromatic rings. The van der Waals surface area contributed by atoms with Crippen molar-refractivity contribution in [3.8, 4) is 11.1 Å². The summed E-state index contributed by atoms with van der Waals surface area (Å²) in [6, 6.07) is 8.16. The number of furan rings is 1. The predicted octanol–water partition coefficient (Wildman–Crippen LogP) is 2.36. The van der Waals surface area contributed by atoms with Crippen molar-refractivity contribution in [3.63, 3.8) is 0 Å². The van der Waals surface area contributed by atoms with Crippen LogP contribution >= 0.6 is 0 Å². The van der Waals surface area contributed by atoms with Crippen molar-refractivity contribution in [3.05, 3.63) is 66.4 Å². The van der Waals surface area contributed by atoms with Crippen molar-refractivity contribution in [1.29, 1.82) is 0 Å². The van der Waals surface area contributed by atoms with E-state index in [1.165, 1.54) is 7.11 Å². The second-order valence-electron chi connectivity index (χ2n) is 5.33. The van der Waals surface area contributed by atoms with Gasteiger partial charge in [0.2, 0.25) is 0 Å². The number of benzene rings is 1. The first kappa shape index (κ1) is 16.5. The number of nitrogens with one attached hydrogen (secondary N) is 1. The molecular formula is C18H17N3O4. The van der Waals surface area contributed by atoms with Crippen LogP contribution in [0.5, 0.6) is 0 Å². The van der Waals surface area contributed by atoms with E-state index in [0.717, 1.165) is 11.1 Å². The zero-order chi connectivity index (χ0) is 17.6. The molecule has 0 aliphatic carbocycles. The minimum absolute atomic E-state index is 0.210. The largest absolute Gasteiger partial charge is 0.472 e. The van der Waals surface area contributed by atoms with Crippen molar-refractivity contribution in [1.82, 2.24) is 15.1 Å². The summed E-state index contributed by atoms with van der Waals surface area (Å²) in [4.78, 5) is 23.5. The molecule has 0 aliphatic rings. The van der Waals surface area contributed by atoms with E-state index in [-0.39, 0.29) is 5.91 Å². The van der Waals surface area contributed by atoms with Crippen LogP contribution in [0.15, 0.2) is 59.7 Å². The van der Waals surface area contributed by atoms with Gasteiger partial charge in [0.25, 0.3) is 5.91 Å². The van der Waals surface area contributed by atoms with Crippen LogP contribution in [-0.2, 0) is 11.3 Å². The number of aromatic nitrogens is 2. The molecule has 1 aromatic carbocycles. The van der Waals surface area contributed by atoms with E-state index in [2.05, 4.69) is 15.2 Å². The Bertz CT molecular complexity index is 851. The van der Waals surface area contributed by atoms with Crippen molar-refractivity contribution in [2.75, 3.05) is 13.7 Å². The highest BCUT2D eigenvalue weighted by molar-refractivity contribution is 5.96. The minimum Gasteiger partial charge on any atom is -0.472 e. The summed E-state index contributed by atoms with van der Waals surface area (Å²) < 4.78 is 11.4. The first-order valence-electron chi connectivity index (χ1n) is 7.69. The lowest BCUT2D eigenvalue weighted by atomic mass is 10.1. The summed E-state index contributed by atoms with van der Waals surface area (Å²) in [5.74, 6) is -0.641. The van der Waals surface area contributed by atoms with Gasteiger partial charge in [-0.15, -0.1) is 0 Å². The fourth-order valence-electron chi connectivity index (χ4n) is 2.33. The zero-order valence-electron chi connectivity index (χ0n) is 13.6. The highest BCUT2D eigenvalue weighted by Crippen LogP contribution is 2.18. The highest BCUT2D eigenvalue weighted by atomic mass is 16.5. The van der Waals surface area contributed by atoms with Gasteiger partial charge in [0.1, 0.15) is 0 Å². The number of ether oxygens (including phenoxy) is 1. The average molecular weight is 339 g/mol. The molecule has 0 atom stereocenters. The summed E-state index contributed by atoms with van der Waals surface area (Å²) in [6.07, 6.45) is 6.90. The van der Waals surface area contributed by atoms with Crippen LogP contribution in [0.2, 0.25) is 0 Å². The maximum atomic E-state index is 12.1. The van der Waals surface area contributed by atoms with E-state index in [1.54, 1.807) is 47.7 Å². The second kappa shape index (κ2) is 7.48. The van der Waals surface area contributed by atoms with Gasteiger partial charge in [-0.1, -0.05) is 0 Å². The molecule has 0 aliphatic heterocycles. The van der Waals surface area contributed by atoms with Gasteiger partial charge in [0.05, 0.1) is 37.9 Å². The molecule has 0 bridgehead atoms. The lowest BCUT2D eigenvalue weighted by Gasteiger charge is -2.06. The van der Waals surface area contributed by atoms with E-state index in [4.69, 9.17) is 4.42 Å². The number of carbonyl (C=O) groups excluding carboxylic acids is 2. The van der Waals surface area contributed by atoms with Crippen LogP contribution in [0.25, 0.3) is 11.1 Å². The van der Waals surface area contributed by atoms with Gasteiger partial charge < -0.3 is 14.5 Å². The molecule has 1 N–H and O–H groups in total. The Balaban J connectivity index is 1.52. The number of esters is 1.